The van der Waals surface area contributed by atoms with Crippen molar-refractivity contribution in [3.63, 3.8) is 0 Å². The molecule has 1 aliphatic rings. The lowest BCUT2D eigenvalue weighted by Crippen LogP contribution is -2.50. The van der Waals surface area contributed by atoms with Crippen molar-refractivity contribution in [1.82, 2.24) is 20.0 Å². The van der Waals surface area contributed by atoms with Crippen LogP contribution in [0.4, 0.5) is 0 Å². The van der Waals surface area contributed by atoms with Gasteiger partial charge >= 0.3 is 0 Å². The molecule has 1 fully saturated rings. The minimum Gasteiger partial charge on any atom is -0.335 e. The van der Waals surface area contributed by atoms with Gasteiger partial charge in [0.15, 0.2) is 0 Å². The maximum Gasteiger partial charge on any atom is 0.255 e. The summed E-state index contributed by atoms with van der Waals surface area (Å²) in [5.74, 6) is -0.0420. The van der Waals surface area contributed by atoms with Crippen LogP contribution in [-0.4, -0.2) is 58.0 Å². The van der Waals surface area contributed by atoms with Gasteiger partial charge in [-0.05, 0) is 30.2 Å². The van der Waals surface area contributed by atoms with Crippen LogP contribution in [0, 0.1) is 0 Å². The van der Waals surface area contributed by atoms with Crippen molar-refractivity contribution in [2.45, 2.75) is 13.3 Å². The van der Waals surface area contributed by atoms with E-state index in [4.69, 9.17) is 0 Å². The number of aryl methyl sites for hydroxylation is 1. The summed E-state index contributed by atoms with van der Waals surface area (Å²) in [6.45, 7) is 4.22. The number of piperazine rings is 1. The number of amides is 2. The van der Waals surface area contributed by atoms with E-state index in [1.807, 2.05) is 24.3 Å². The molecule has 0 spiro atoms. The second-order valence-electron chi connectivity index (χ2n) is 5.77. The molecule has 0 radical (unpaired) electrons. The van der Waals surface area contributed by atoms with Crippen molar-refractivity contribution in [3.8, 4) is 0 Å². The zero-order chi connectivity index (χ0) is 16.9. The Bertz CT molecular complexity index is 708. The molecule has 0 unspecified atom stereocenters. The van der Waals surface area contributed by atoms with Gasteiger partial charge in [-0.1, -0.05) is 19.1 Å². The Balaban J connectivity index is 1.60. The van der Waals surface area contributed by atoms with Crippen LogP contribution < -0.4 is 0 Å². The molecule has 6 heteroatoms. The number of benzene rings is 1. The summed E-state index contributed by atoms with van der Waals surface area (Å²) >= 11 is 0. The fraction of sp³-hybridized carbons (Fsp3) is 0.333. The van der Waals surface area contributed by atoms with Gasteiger partial charge in [-0.3, -0.25) is 9.59 Å². The van der Waals surface area contributed by atoms with E-state index in [9.17, 15) is 9.59 Å². The van der Waals surface area contributed by atoms with Gasteiger partial charge in [0.25, 0.3) is 11.8 Å². The van der Waals surface area contributed by atoms with Crippen LogP contribution in [0.5, 0.6) is 0 Å². The minimum atomic E-state index is -0.0655. The van der Waals surface area contributed by atoms with Crippen molar-refractivity contribution in [2.24, 2.45) is 0 Å². The lowest BCUT2D eigenvalue weighted by molar-refractivity contribution is 0.0535. The molecular weight excluding hydrogens is 304 g/mol. The topological polar surface area (TPSA) is 66.4 Å². The summed E-state index contributed by atoms with van der Waals surface area (Å²) in [6, 6.07) is 9.39. The molecule has 1 aromatic carbocycles. The number of rotatable bonds is 3. The first kappa shape index (κ1) is 16.1. The van der Waals surface area contributed by atoms with Crippen molar-refractivity contribution in [1.29, 1.82) is 0 Å². The third-order valence-electron chi connectivity index (χ3n) is 4.29. The largest absolute Gasteiger partial charge is 0.335 e. The zero-order valence-corrected chi connectivity index (χ0v) is 13.7. The molecule has 0 saturated carbocycles. The SMILES string of the molecule is CCc1ccc(C(=O)N2CCN(C(=O)c3ccnnc3)CC2)cc1. The summed E-state index contributed by atoms with van der Waals surface area (Å²) in [4.78, 5) is 28.5. The fourth-order valence-corrected chi connectivity index (χ4v) is 2.78. The maximum atomic E-state index is 12.6. The van der Waals surface area contributed by atoms with E-state index >= 15 is 0 Å². The van der Waals surface area contributed by atoms with Crippen LogP contribution in [0.1, 0.15) is 33.2 Å². The molecule has 0 atom stereocenters. The average molecular weight is 324 g/mol. The van der Waals surface area contributed by atoms with E-state index in [0.717, 1.165) is 6.42 Å². The second-order valence-corrected chi connectivity index (χ2v) is 5.77. The average Bonchev–Trinajstić information content (AvgIpc) is 2.68. The molecule has 1 aromatic heterocycles. The standard InChI is InChI=1S/C18H20N4O2/c1-2-14-3-5-15(6-4-14)17(23)21-9-11-22(12-10-21)18(24)16-7-8-19-20-13-16/h3-8,13H,2,9-12H2,1H3. The predicted molar refractivity (Wildman–Crippen MR) is 89.7 cm³/mol. The first-order valence-corrected chi connectivity index (χ1v) is 8.13. The monoisotopic (exact) mass is 324 g/mol. The highest BCUT2D eigenvalue weighted by molar-refractivity contribution is 5.95. The third kappa shape index (κ3) is 3.42. The normalized spacial score (nSPS) is 14.5. The van der Waals surface area contributed by atoms with Gasteiger partial charge in [-0.15, -0.1) is 0 Å². The summed E-state index contributed by atoms with van der Waals surface area (Å²) in [7, 11) is 0. The number of carbonyl (C=O) groups is 2. The van der Waals surface area contributed by atoms with Crippen LogP contribution in [-0.2, 0) is 6.42 Å². The Labute approximate surface area is 141 Å². The van der Waals surface area contributed by atoms with Gasteiger partial charge < -0.3 is 9.80 Å². The lowest BCUT2D eigenvalue weighted by atomic mass is 10.1. The first-order chi connectivity index (χ1) is 11.7. The predicted octanol–water partition coefficient (Wildman–Crippen LogP) is 1.64. The Hall–Kier alpha value is -2.76. The number of nitrogens with zero attached hydrogens (tertiary/aromatic N) is 4. The highest BCUT2D eigenvalue weighted by Crippen LogP contribution is 2.12. The van der Waals surface area contributed by atoms with Gasteiger partial charge in [0.05, 0.1) is 18.0 Å². The molecule has 0 bridgehead atoms. The Morgan fingerprint density at radius 3 is 1.96 bits per heavy atom. The number of hydrogen-bond donors (Lipinski definition) is 0. The molecule has 2 amide bonds. The van der Waals surface area contributed by atoms with Crippen LogP contribution in [0.15, 0.2) is 42.7 Å². The lowest BCUT2D eigenvalue weighted by Gasteiger charge is -2.34. The molecule has 2 aromatic rings. The van der Waals surface area contributed by atoms with Gasteiger partial charge in [-0.2, -0.15) is 10.2 Å². The Kier molecular flexibility index (Phi) is 4.84. The maximum absolute atomic E-state index is 12.6. The van der Waals surface area contributed by atoms with Crippen LogP contribution >= 0.6 is 0 Å². The molecule has 2 heterocycles. The third-order valence-corrected chi connectivity index (χ3v) is 4.29. The second kappa shape index (κ2) is 7.21. The van der Waals surface area contributed by atoms with E-state index in [0.29, 0.717) is 37.3 Å². The van der Waals surface area contributed by atoms with E-state index in [-0.39, 0.29) is 11.8 Å². The summed E-state index contributed by atoms with van der Waals surface area (Å²) < 4.78 is 0. The Morgan fingerprint density at radius 2 is 1.46 bits per heavy atom. The van der Waals surface area contributed by atoms with Crippen LogP contribution in [0.2, 0.25) is 0 Å². The molecule has 0 N–H and O–H groups in total. The zero-order valence-electron chi connectivity index (χ0n) is 13.7. The van der Waals surface area contributed by atoms with Crippen LogP contribution in [0.3, 0.4) is 0 Å². The molecule has 1 aliphatic heterocycles. The van der Waals surface area contributed by atoms with Gasteiger partial charge in [-0.25, -0.2) is 0 Å². The molecule has 3 rings (SSSR count). The highest BCUT2D eigenvalue weighted by atomic mass is 16.2. The highest BCUT2D eigenvalue weighted by Gasteiger charge is 2.25. The first-order valence-electron chi connectivity index (χ1n) is 8.13. The van der Waals surface area contributed by atoms with E-state index < -0.39 is 0 Å². The minimum absolute atomic E-state index is 0.0235. The van der Waals surface area contributed by atoms with Crippen molar-refractivity contribution in [3.05, 3.63) is 59.4 Å². The van der Waals surface area contributed by atoms with Gasteiger partial charge in [0, 0.05) is 31.7 Å². The van der Waals surface area contributed by atoms with E-state index in [1.165, 1.54) is 18.0 Å². The van der Waals surface area contributed by atoms with Gasteiger partial charge in [0.1, 0.15) is 0 Å². The number of carbonyl (C=O) groups excluding carboxylic acids is 2. The summed E-state index contributed by atoms with van der Waals surface area (Å²) in [5.41, 5.74) is 2.44. The molecule has 1 saturated heterocycles. The van der Waals surface area contributed by atoms with Gasteiger partial charge in [0.2, 0.25) is 0 Å². The summed E-state index contributed by atoms with van der Waals surface area (Å²) in [6.07, 6.45) is 3.93. The van der Waals surface area contributed by atoms with Crippen molar-refractivity contribution in [2.75, 3.05) is 26.2 Å². The summed E-state index contributed by atoms with van der Waals surface area (Å²) in [5, 5.41) is 7.42. The molecule has 6 nitrogen and oxygen atoms in total. The number of hydrogen-bond acceptors (Lipinski definition) is 4. The fourth-order valence-electron chi connectivity index (χ4n) is 2.78. The molecule has 0 aliphatic carbocycles. The van der Waals surface area contributed by atoms with Crippen molar-refractivity contribution >= 4 is 11.8 Å². The molecule has 124 valence electrons. The smallest absolute Gasteiger partial charge is 0.255 e. The van der Waals surface area contributed by atoms with E-state index in [1.54, 1.807) is 15.9 Å². The van der Waals surface area contributed by atoms with Crippen molar-refractivity contribution < 1.29 is 9.59 Å². The molecular formula is C18H20N4O2. The van der Waals surface area contributed by atoms with E-state index in [2.05, 4.69) is 17.1 Å². The quantitative estimate of drug-likeness (QED) is 0.861. The Morgan fingerprint density at radius 1 is 0.875 bits per heavy atom. The van der Waals surface area contributed by atoms with Crippen LogP contribution in [0.25, 0.3) is 0 Å². The number of aromatic nitrogens is 2. The molecule has 24 heavy (non-hydrogen) atoms.